The number of hydrogen-bond donors (Lipinski definition) is 0. The van der Waals surface area contributed by atoms with E-state index in [9.17, 15) is 0 Å². The Morgan fingerprint density at radius 3 is 2.73 bits per heavy atom. The van der Waals surface area contributed by atoms with Gasteiger partial charge in [0.25, 0.3) is 0 Å². The van der Waals surface area contributed by atoms with Crippen molar-refractivity contribution in [2.24, 2.45) is 0 Å². The van der Waals surface area contributed by atoms with E-state index in [1.807, 2.05) is 6.26 Å². The largest absolute Gasteiger partial charge is 0.174 e. The molecule has 4 heteroatoms. The molecule has 0 spiro atoms. The molecule has 1 aromatic heterocycles. The van der Waals surface area contributed by atoms with Crippen molar-refractivity contribution in [3.63, 3.8) is 0 Å². The quantitative estimate of drug-likeness (QED) is 0.682. The normalized spacial score (nSPS) is 13.4. The highest BCUT2D eigenvalue weighted by Gasteiger charge is 2.08. The summed E-state index contributed by atoms with van der Waals surface area (Å²) in [5.74, 6) is 0.563. The van der Waals surface area contributed by atoms with Crippen LogP contribution in [0.5, 0.6) is 0 Å². The molecule has 1 heterocycles. The van der Waals surface area contributed by atoms with Crippen LogP contribution in [0.3, 0.4) is 0 Å². The Morgan fingerprint density at radius 2 is 2.27 bits per heavy atom. The van der Waals surface area contributed by atoms with Crippen LogP contribution in [0.15, 0.2) is 4.34 Å². The summed E-state index contributed by atoms with van der Waals surface area (Å²) in [7, 11) is 0. The maximum absolute atomic E-state index is 4.11. The summed E-state index contributed by atoms with van der Waals surface area (Å²) < 4.78 is 1.07. The van der Waals surface area contributed by atoms with Crippen molar-refractivity contribution in [2.75, 3.05) is 6.26 Å². The lowest BCUT2D eigenvalue weighted by molar-refractivity contribution is 0.712. The second-order valence-electron chi connectivity index (χ2n) is 2.42. The molecule has 0 amide bonds. The van der Waals surface area contributed by atoms with Gasteiger partial charge in [0.2, 0.25) is 0 Å². The van der Waals surface area contributed by atoms with Crippen LogP contribution < -0.4 is 0 Å². The number of rotatable bonds is 3. The van der Waals surface area contributed by atoms with Gasteiger partial charge in [0.1, 0.15) is 5.01 Å². The number of aromatic nitrogens is 2. The average molecular weight is 188 g/mol. The minimum atomic E-state index is 0.563. The van der Waals surface area contributed by atoms with Crippen LogP contribution in [0.25, 0.3) is 0 Å². The van der Waals surface area contributed by atoms with E-state index < -0.39 is 0 Å². The number of hydrogen-bond acceptors (Lipinski definition) is 4. The lowest BCUT2D eigenvalue weighted by atomic mass is 10.1. The van der Waals surface area contributed by atoms with Gasteiger partial charge in [-0.1, -0.05) is 36.9 Å². The molecule has 1 aromatic rings. The molecule has 0 aliphatic carbocycles. The fourth-order valence-electron chi connectivity index (χ4n) is 0.677. The predicted octanol–water partition coefficient (Wildman–Crippen LogP) is 2.77. The molecule has 0 radical (unpaired) electrons. The molecular weight excluding hydrogens is 176 g/mol. The molecule has 0 saturated carbocycles. The van der Waals surface area contributed by atoms with Crippen molar-refractivity contribution in [2.45, 2.75) is 30.5 Å². The molecule has 0 bridgehead atoms. The first-order chi connectivity index (χ1) is 5.27. The summed E-state index contributed by atoms with van der Waals surface area (Å²) in [5, 5.41) is 9.30. The molecule has 1 unspecified atom stereocenters. The van der Waals surface area contributed by atoms with Gasteiger partial charge in [0, 0.05) is 5.92 Å². The number of nitrogens with zero attached hydrogens (tertiary/aromatic N) is 2. The van der Waals surface area contributed by atoms with Gasteiger partial charge in [0.15, 0.2) is 4.34 Å². The van der Waals surface area contributed by atoms with Crippen LogP contribution in [0.1, 0.15) is 31.2 Å². The summed E-state index contributed by atoms with van der Waals surface area (Å²) >= 11 is 3.37. The highest BCUT2D eigenvalue weighted by atomic mass is 32.2. The van der Waals surface area contributed by atoms with E-state index in [-0.39, 0.29) is 0 Å². The van der Waals surface area contributed by atoms with Crippen LogP contribution in [-0.4, -0.2) is 16.5 Å². The van der Waals surface area contributed by atoms with E-state index in [2.05, 4.69) is 24.0 Å². The predicted molar refractivity (Wildman–Crippen MR) is 50.4 cm³/mol. The Morgan fingerprint density at radius 1 is 1.55 bits per heavy atom. The molecule has 0 N–H and O–H groups in total. The third kappa shape index (κ3) is 2.17. The molecular formula is C7H12N2S2. The summed E-state index contributed by atoms with van der Waals surface area (Å²) in [6.45, 7) is 4.36. The van der Waals surface area contributed by atoms with Gasteiger partial charge >= 0.3 is 0 Å². The Bertz CT molecular complexity index is 222. The highest BCUT2D eigenvalue weighted by Crippen LogP contribution is 2.26. The zero-order valence-corrected chi connectivity index (χ0v) is 8.63. The van der Waals surface area contributed by atoms with Crippen LogP contribution in [0.4, 0.5) is 0 Å². The number of thioether (sulfide) groups is 1. The lowest BCUT2D eigenvalue weighted by Gasteiger charge is -1.99. The monoisotopic (exact) mass is 188 g/mol. The van der Waals surface area contributed by atoms with Crippen LogP contribution >= 0.6 is 23.1 Å². The van der Waals surface area contributed by atoms with Crippen molar-refractivity contribution in [3.8, 4) is 0 Å². The first-order valence-electron chi connectivity index (χ1n) is 3.65. The second-order valence-corrected chi connectivity index (χ2v) is 4.48. The third-order valence-electron chi connectivity index (χ3n) is 1.63. The van der Waals surface area contributed by atoms with E-state index in [1.54, 1.807) is 23.1 Å². The van der Waals surface area contributed by atoms with E-state index in [0.717, 1.165) is 15.8 Å². The molecule has 62 valence electrons. The van der Waals surface area contributed by atoms with Crippen LogP contribution in [0.2, 0.25) is 0 Å². The molecule has 0 aliphatic rings. The van der Waals surface area contributed by atoms with Crippen molar-refractivity contribution in [1.29, 1.82) is 0 Å². The summed E-state index contributed by atoms with van der Waals surface area (Å²) in [4.78, 5) is 0. The fourth-order valence-corrected chi connectivity index (χ4v) is 2.10. The van der Waals surface area contributed by atoms with Gasteiger partial charge in [-0.2, -0.15) is 0 Å². The average Bonchev–Trinajstić information content (AvgIpc) is 2.50. The first-order valence-corrected chi connectivity index (χ1v) is 5.69. The topological polar surface area (TPSA) is 25.8 Å². The summed E-state index contributed by atoms with van der Waals surface area (Å²) in [6.07, 6.45) is 3.17. The Balaban J connectivity index is 2.71. The first kappa shape index (κ1) is 9.00. The maximum atomic E-state index is 4.11. The molecule has 1 rings (SSSR count). The molecule has 11 heavy (non-hydrogen) atoms. The van der Waals surface area contributed by atoms with Crippen molar-refractivity contribution in [3.05, 3.63) is 5.01 Å². The van der Waals surface area contributed by atoms with Gasteiger partial charge in [0.05, 0.1) is 0 Å². The van der Waals surface area contributed by atoms with Crippen molar-refractivity contribution in [1.82, 2.24) is 10.2 Å². The van der Waals surface area contributed by atoms with Gasteiger partial charge in [-0.05, 0) is 12.7 Å². The molecule has 2 nitrogen and oxygen atoms in total. The summed E-state index contributed by atoms with van der Waals surface area (Å²) in [6, 6.07) is 0. The zero-order chi connectivity index (χ0) is 8.27. The van der Waals surface area contributed by atoms with Crippen LogP contribution in [0, 0.1) is 0 Å². The lowest BCUT2D eigenvalue weighted by Crippen LogP contribution is -1.88. The fraction of sp³-hybridized carbons (Fsp3) is 0.714. The van der Waals surface area contributed by atoms with Gasteiger partial charge in [-0.25, -0.2) is 0 Å². The van der Waals surface area contributed by atoms with E-state index in [0.29, 0.717) is 5.92 Å². The van der Waals surface area contributed by atoms with E-state index >= 15 is 0 Å². The van der Waals surface area contributed by atoms with E-state index in [4.69, 9.17) is 0 Å². The van der Waals surface area contributed by atoms with Gasteiger partial charge in [-0.3, -0.25) is 0 Å². The highest BCUT2D eigenvalue weighted by molar-refractivity contribution is 8.00. The van der Waals surface area contributed by atoms with Crippen molar-refractivity contribution >= 4 is 23.1 Å². The van der Waals surface area contributed by atoms with E-state index in [1.165, 1.54) is 0 Å². The Kier molecular flexibility index (Phi) is 3.33. The molecule has 0 aliphatic heterocycles. The maximum Gasteiger partial charge on any atom is 0.174 e. The van der Waals surface area contributed by atoms with Gasteiger partial charge < -0.3 is 0 Å². The molecule has 0 fully saturated rings. The van der Waals surface area contributed by atoms with Crippen LogP contribution in [-0.2, 0) is 0 Å². The summed E-state index contributed by atoms with van der Waals surface area (Å²) in [5.41, 5.74) is 0. The minimum Gasteiger partial charge on any atom is -0.142 e. The Hall–Kier alpha value is -0.0900. The molecule has 0 saturated heterocycles. The molecule has 1 atom stereocenters. The zero-order valence-electron chi connectivity index (χ0n) is 7.00. The minimum absolute atomic E-state index is 0.563. The van der Waals surface area contributed by atoms with Gasteiger partial charge in [-0.15, -0.1) is 10.2 Å². The SMILES string of the molecule is CCC(C)c1nnc(SC)s1. The third-order valence-corrected chi connectivity index (χ3v) is 3.76. The smallest absolute Gasteiger partial charge is 0.142 e. The second kappa shape index (κ2) is 4.07. The standard InChI is InChI=1S/C7H12N2S2/c1-4-5(2)6-8-9-7(10-3)11-6/h5H,4H2,1-3H3. The Labute approximate surface area is 75.4 Å². The van der Waals surface area contributed by atoms with Crippen molar-refractivity contribution < 1.29 is 0 Å². The molecule has 0 aromatic carbocycles.